The summed E-state index contributed by atoms with van der Waals surface area (Å²) < 4.78 is 4.76. The van der Waals surface area contributed by atoms with Crippen LogP contribution in [0.2, 0.25) is 0 Å². The molecule has 5 nitrogen and oxygen atoms in total. The molecule has 0 radical (unpaired) electrons. The largest absolute Gasteiger partial charge is 0.848 e. The summed E-state index contributed by atoms with van der Waals surface area (Å²) >= 11 is 0. The van der Waals surface area contributed by atoms with Gasteiger partial charge in [-0.25, -0.2) is 0 Å². The number of aliphatic hydroxyl groups is 3. The first-order valence-electron chi connectivity index (χ1n) is 3.41. The van der Waals surface area contributed by atoms with Crippen molar-refractivity contribution in [3.63, 3.8) is 0 Å². The van der Waals surface area contributed by atoms with Crippen LogP contribution in [-0.2, 0) is 4.74 Å². The first-order chi connectivity index (χ1) is 5.16. The van der Waals surface area contributed by atoms with Crippen LogP contribution in [-0.4, -0.2) is 52.9 Å². The summed E-state index contributed by atoms with van der Waals surface area (Å²) in [6, 6.07) is 0. The molecule has 0 spiro atoms. The van der Waals surface area contributed by atoms with Crippen LogP contribution in [0.3, 0.4) is 0 Å². The van der Waals surface area contributed by atoms with Gasteiger partial charge in [0.1, 0.15) is 6.10 Å². The summed E-state index contributed by atoms with van der Waals surface area (Å²) in [7, 11) is 0. The average molecular weight is 163 g/mol. The van der Waals surface area contributed by atoms with Crippen molar-refractivity contribution in [1.82, 2.24) is 0 Å². The van der Waals surface area contributed by atoms with Gasteiger partial charge in [0.15, 0.2) is 0 Å². The van der Waals surface area contributed by atoms with Gasteiger partial charge in [0, 0.05) is 0 Å². The molecule has 0 aliphatic carbocycles. The highest BCUT2D eigenvalue weighted by Gasteiger charge is 2.32. The molecule has 0 aromatic rings. The Morgan fingerprint density at radius 3 is 2.64 bits per heavy atom. The lowest BCUT2D eigenvalue weighted by molar-refractivity contribution is -0.443. The molecule has 1 fully saturated rings. The first kappa shape index (κ1) is 8.89. The van der Waals surface area contributed by atoms with E-state index in [1.165, 1.54) is 0 Å². The van der Waals surface area contributed by atoms with E-state index in [9.17, 15) is 5.11 Å². The molecule has 1 aliphatic heterocycles. The van der Waals surface area contributed by atoms with Gasteiger partial charge in [-0.1, -0.05) is 6.10 Å². The number of rotatable bonds is 2. The SMILES string of the molecule is [O-]C1C(O)COC1C(O)CO. The maximum atomic E-state index is 10.9. The van der Waals surface area contributed by atoms with Crippen molar-refractivity contribution in [3.8, 4) is 0 Å². The van der Waals surface area contributed by atoms with E-state index in [4.69, 9.17) is 20.1 Å². The van der Waals surface area contributed by atoms with Gasteiger partial charge in [-0.2, -0.15) is 0 Å². The minimum atomic E-state index is -1.35. The van der Waals surface area contributed by atoms with E-state index in [0.29, 0.717) is 0 Å². The molecule has 0 aromatic heterocycles. The van der Waals surface area contributed by atoms with Crippen LogP contribution in [0.1, 0.15) is 0 Å². The van der Waals surface area contributed by atoms with E-state index in [1.54, 1.807) is 0 Å². The molecular formula is C6H11O5-. The van der Waals surface area contributed by atoms with Crippen molar-refractivity contribution in [2.24, 2.45) is 0 Å². The minimum Gasteiger partial charge on any atom is -0.848 e. The summed E-state index contributed by atoms with van der Waals surface area (Å²) in [4.78, 5) is 0. The van der Waals surface area contributed by atoms with E-state index in [0.717, 1.165) is 0 Å². The molecule has 1 saturated heterocycles. The van der Waals surface area contributed by atoms with Crippen LogP contribution in [0, 0.1) is 0 Å². The standard InChI is InChI=1S/C6H11O5/c7-1-3(8)6-5(10)4(9)2-11-6/h3-9H,1-2H2/q-1. The monoisotopic (exact) mass is 163 g/mol. The van der Waals surface area contributed by atoms with E-state index in [1.807, 2.05) is 0 Å². The molecule has 66 valence electrons. The van der Waals surface area contributed by atoms with Gasteiger partial charge in [-0.05, 0) is 0 Å². The average Bonchev–Trinajstić information content (AvgIpc) is 2.32. The van der Waals surface area contributed by atoms with E-state index < -0.39 is 31.0 Å². The predicted molar refractivity (Wildman–Crippen MR) is 32.6 cm³/mol. The van der Waals surface area contributed by atoms with Crippen molar-refractivity contribution in [3.05, 3.63) is 0 Å². The fourth-order valence-corrected chi connectivity index (χ4v) is 1.05. The summed E-state index contributed by atoms with van der Waals surface area (Å²) in [6.45, 7) is -0.577. The molecule has 5 heteroatoms. The third kappa shape index (κ3) is 1.69. The highest BCUT2D eigenvalue weighted by molar-refractivity contribution is 4.86. The molecule has 1 heterocycles. The molecule has 11 heavy (non-hydrogen) atoms. The summed E-state index contributed by atoms with van der Waals surface area (Å²) in [6.07, 6.45) is -4.58. The fraction of sp³-hybridized carbons (Fsp3) is 1.00. The Balaban J connectivity index is 2.47. The van der Waals surface area contributed by atoms with Crippen LogP contribution in [0.15, 0.2) is 0 Å². The molecule has 0 amide bonds. The first-order valence-corrected chi connectivity index (χ1v) is 3.41. The van der Waals surface area contributed by atoms with Crippen LogP contribution >= 0.6 is 0 Å². The number of aliphatic hydroxyl groups excluding tert-OH is 3. The quantitative estimate of drug-likeness (QED) is 0.399. The smallest absolute Gasteiger partial charge is 0.102 e. The van der Waals surface area contributed by atoms with E-state index >= 15 is 0 Å². The van der Waals surface area contributed by atoms with Crippen LogP contribution in [0.4, 0.5) is 0 Å². The molecule has 0 aromatic carbocycles. The lowest BCUT2D eigenvalue weighted by Crippen LogP contribution is -2.48. The normalized spacial score (nSPS) is 40.9. The Labute approximate surface area is 63.8 Å². The number of ether oxygens (including phenoxy) is 1. The fourth-order valence-electron chi connectivity index (χ4n) is 1.05. The Morgan fingerprint density at radius 1 is 1.64 bits per heavy atom. The van der Waals surface area contributed by atoms with Gasteiger partial charge in [0.2, 0.25) is 0 Å². The molecular weight excluding hydrogens is 152 g/mol. The third-order valence-electron chi connectivity index (χ3n) is 1.73. The lowest BCUT2D eigenvalue weighted by atomic mass is 10.1. The topological polar surface area (TPSA) is 93.0 Å². The zero-order valence-corrected chi connectivity index (χ0v) is 5.88. The Kier molecular flexibility index (Phi) is 2.80. The summed E-state index contributed by atoms with van der Waals surface area (Å²) in [5.74, 6) is 0. The second-order valence-corrected chi connectivity index (χ2v) is 2.58. The third-order valence-corrected chi connectivity index (χ3v) is 1.73. The van der Waals surface area contributed by atoms with Gasteiger partial charge < -0.3 is 25.2 Å². The van der Waals surface area contributed by atoms with Crippen molar-refractivity contribution in [2.45, 2.75) is 24.4 Å². The molecule has 4 unspecified atom stereocenters. The highest BCUT2D eigenvalue weighted by atomic mass is 16.5. The van der Waals surface area contributed by atoms with E-state index in [-0.39, 0.29) is 6.61 Å². The second-order valence-electron chi connectivity index (χ2n) is 2.58. The van der Waals surface area contributed by atoms with Crippen molar-refractivity contribution in [2.75, 3.05) is 13.2 Å². The summed E-state index contributed by atoms with van der Waals surface area (Å²) in [5, 5.41) is 37.2. The van der Waals surface area contributed by atoms with Gasteiger partial charge in [-0.15, -0.1) is 0 Å². The molecule has 4 atom stereocenters. The van der Waals surface area contributed by atoms with Crippen molar-refractivity contribution < 1.29 is 25.2 Å². The Hall–Kier alpha value is -0.200. The van der Waals surface area contributed by atoms with Crippen LogP contribution in [0.25, 0.3) is 0 Å². The van der Waals surface area contributed by atoms with Gasteiger partial charge in [0.05, 0.1) is 25.4 Å². The molecule has 3 N–H and O–H groups in total. The molecule has 0 bridgehead atoms. The highest BCUT2D eigenvalue weighted by Crippen LogP contribution is 2.14. The lowest BCUT2D eigenvalue weighted by Gasteiger charge is -2.27. The Morgan fingerprint density at radius 2 is 2.27 bits per heavy atom. The number of hydrogen-bond donors (Lipinski definition) is 3. The van der Waals surface area contributed by atoms with Crippen molar-refractivity contribution in [1.29, 1.82) is 0 Å². The molecule has 1 rings (SSSR count). The van der Waals surface area contributed by atoms with Crippen LogP contribution < -0.4 is 5.11 Å². The van der Waals surface area contributed by atoms with Gasteiger partial charge in [-0.3, -0.25) is 0 Å². The zero-order chi connectivity index (χ0) is 8.43. The van der Waals surface area contributed by atoms with E-state index in [2.05, 4.69) is 0 Å². The molecule has 1 aliphatic rings. The number of hydrogen-bond acceptors (Lipinski definition) is 5. The van der Waals surface area contributed by atoms with Gasteiger partial charge in [0.25, 0.3) is 0 Å². The second kappa shape index (κ2) is 3.46. The minimum absolute atomic E-state index is 0.0596. The zero-order valence-electron chi connectivity index (χ0n) is 5.88. The predicted octanol–water partition coefficient (Wildman–Crippen LogP) is -3.17. The van der Waals surface area contributed by atoms with Crippen LogP contribution in [0.5, 0.6) is 0 Å². The maximum Gasteiger partial charge on any atom is 0.102 e. The van der Waals surface area contributed by atoms with Gasteiger partial charge >= 0.3 is 0 Å². The van der Waals surface area contributed by atoms with Crippen molar-refractivity contribution >= 4 is 0 Å². The maximum absolute atomic E-state index is 10.9. The Bertz CT molecular complexity index is 128. The summed E-state index contributed by atoms with van der Waals surface area (Å²) in [5.41, 5.74) is 0. The molecule has 0 saturated carbocycles.